The van der Waals surface area contributed by atoms with E-state index in [1.165, 1.54) is 6.20 Å². The first kappa shape index (κ1) is 18.1. The molecule has 2 heterocycles. The Hall–Kier alpha value is -3.32. The highest BCUT2D eigenvalue weighted by Crippen LogP contribution is 2.32. The van der Waals surface area contributed by atoms with E-state index in [1.807, 2.05) is 31.2 Å². The number of nitrogens with zero attached hydrogens (tertiary/aromatic N) is 2. The molecule has 28 heavy (non-hydrogen) atoms. The van der Waals surface area contributed by atoms with E-state index in [4.69, 9.17) is 21.1 Å². The summed E-state index contributed by atoms with van der Waals surface area (Å²) >= 11 is 6.10. The first-order valence-corrected chi connectivity index (χ1v) is 8.99. The van der Waals surface area contributed by atoms with E-state index in [9.17, 15) is 4.79 Å². The number of ether oxygens (including phenoxy) is 2. The van der Waals surface area contributed by atoms with Gasteiger partial charge >= 0.3 is 0 Å². The van der Waals surface area contributed by atoms with Crippen LogP contribution in [0.2, 0.25) is 5.02 Å². The largest absolute Gasteiger partial charge is 0.454 e. The van der Waals surface area contributed by atoms with Crippen LogP contribution < -0.4 is 20.1 Å². The molecule has 0 unspecified atom stereocenters. The van der Waals surface area contributed by atoms with Gasteiger partial charge in [0.2, 0.25) is 12.7 Å². The molecule has 8 heteroatoms. The number of nitrogens with one attached hydrogen (secondary N) is 2. The van der Waals surface area contributed by atoms with Crippen molar-refractivity contribution < 1.29 is 14.3 Å². The zero-order valence-corrected chi connectivity index (χ0v) is 15.8. The van der Waals surface area contributed by atoms with Gasteiger partial charge in [-0.05, 0) is 48.4 Å². The van der Waals surface area contributed by atoms with Crippen LogP contribution in [0.1, 0.15) is 21.6 Å². The topological polar surface area (TPSA) is 85.4 Å². The van der Waals surface area contributed by atoms with Gasteiger partial charge in [-0.1, -0.05) is 23.7 Å². The predicted molar refractivity (Wildman–Crippen MR) is 106 cm³/mol. The average molecular weight is 397 g/mol. The van der Waals surface area contributed by atoms with Gasteiger partial charge in [0, 0.05) is 23.5 Å². The number of fused-ring (bicyclic) bond motifs is 1. The lowest BCUT2D eigenvalue weighted by Gasteiger charge is -2.09. The molecule has 1 aliphatic rings. The second kappa shape index (κ2) is 7.74. The fourth-order valence-electron chi connectivity index (χ4n) is 2.67. The van der Waals surface area contributed by atoms with Crippen molar-refractivity contribution in [2.75, 3.05) is 17.4 Å². The second-order valence-corrected chi connectivity index (χ2v) is 6.63. The molecular weight excluding hydrogens is 380 g/mol. The maximum Gasteiger partial charge on any atom is 0.274 e. The normalized spacial score (nSPS) is 11.9. The molecule has 1 aromatic heterocycles. The summed E-state index contributed by atoms with van der Waals surface area (Å²) in [5, 5.41) is 6.48. The standard InChI is InChI=1S/C20H17ClN4O3/c1-12-2-4-14(9-15(12)21)24-19(26)16-6-7-22-20(25-16)23-10-13-3-5-17-18(8-13)28-11-27-17/h2-9H,10-11H2,1H3,(H,24,26)(H,22,23,25). The summed E-state index contributed by atoms with van der Waals surface area (Å²) in [5.74, 6) is 1.46. The van der Waals surface area contributed by atoms with Crippen LogP contribution in [0.3, 0.4) is 0 Å². The van der Waals surface area contributed by atoms with Gasteiger partial charge < -0.3 is 20.1 Å². The van der Waals surface area contributed by atoms with E-state index in [0.717, 1.165) is 16.9 Å². The molecule has 2 N–H and O–H groups in total. The Balaban J connectivity index is 1.42. The van der Waals surface area contributed by atoms with Crippen molar-refractivity contribution >= 4 is 29.1 Å². The molecule has 0 radical (unpaired) electrons. The quantitative estimate of drug-likeness (QED) is 0.677. The van der Waals surface area contributed by atoms with Crippen molar-refractivity contribution in [2.45, 2.75) is 13.5 Å². The molecule has 3 aromatic rings. The summed E-state index contributed by atoms with van der Waals surface area (Å²) < 4.78 is 10.7. The van der Waals surface area contributed by atoms with Crippen LogP contribution in [0.5, 0.6) is 11.5 Å². The number of aromatic nitrogens is 2. The lowest BCUT2D eigenvalue weighted by Crippen LogP contribution is -2.15. The van der Waals surface area contributed by atoms with Crippen LogP contribution in [0.4, 0.5) is 11.6 Å². The van der Waals surface area contributed by atoms with Crippen LogP contribution in [-0.4, -0.2) is 22.7 Å². The van der Waals surface area contributed by atoms with Gasteiger partial charge in [0.05, 0.1) is 0 Å². The van der Waals surface area contributed by atoms with E-state index in [1.54, 1.807) is 18.2 Å². The molecule has 2 aromatic carbocycles. The molecule has 7 nitrogen and oxygen atoms in total. The smallest absolute Gasteiger partial charge is 0.274 e. The number of amides is 1. The highest BCUT2D eigenvalue weighted by atomic mass is 35.5. The van der Waals surface area contributed by atoms with Gasteiger partial charge in [-0.15, -0.1) is 0 Å². The van der Waals surface area contributed by atoms with Crippen molar-refractivity contribution in [2.24, 2.45) is 0 Å². The number of aryl methyl sites for hydroxylation is 1. The number of halogens is 1. The lowest BCUT2D eigenvalue weighted by molar-refractivity contribution is 0.102. The molecule has 0 saturated carbocycles. The van der Waals surface area contributed by atoms with Gasteiger partial charge in [-0.2, -0.15) is 0 Å². The summed E-state index contributed by atoms with van der Waals surface area (Å²) in [5.41, 5.74) is 2.78. The Bertz CT molecular complexity index is 1040. The SMILES string of the molecule is Cc1ccc(NC(=O)c2ccnc(NCc3ccc4c(c3)OCO4)n2)cc1Cl. The van der Waals surface area contributed by atoms with Gasteiger partial charge in [0.25, 0.3) is 5.91 Å². The Kier molecular flexibility index (Phi) is 4.99. The summed E-state index contributed by atoms with van der Waals surface area (Å²) in [6.45, 7) is 2.62. The zero-order chi connectivity index (χ0) is 19.5. The first-order chi connectivity index (χ1) is 13.6. The molecule has 0 aliphatic carbocycles. The van der Waals surface area contributed by atoms with Gasteiger partial charge in [-0.25, -0.2) is 9.97 Å². The first-order valence-electron chi connectivity index (χ1n) is 8.61. The molecule has 1 amide bonds. The molecule has 4 rings (SSSR count). The Morgan fingerprint density at radius 1 is 1.14 bits per heavy atom. The van der Waals surface area contributed by atoms with Crippen molar-refractivity contribution in [3.63, 3.8) is 0 Å². The average Bonchev–Trinajstić information content (AvgIpc) is 3.17. The molecule has 0 bridgehead atoms. The minimum atomic E-state index is -0.339. The van der Waals surface area contributed by atoms with Crippen LogP contribution in [0.25, 0.3) is 0 Å². The van der Waals surface area contributed by atoms with Crippen molar-refractivity contribution in [1.29, 1.82) is 0 Å². The van der Waals surface area contributed by atoms with Crippen molar-refractivity contribution in [3.8, 4) is 11.5 Å². The monoisotopic (exact) mass is 396 g/mol. The molecule has 1 aliphatic heterocycles. The minimum Gasteiger partial charge on any atom is -0.454 e. The fourth-order valence-corrected chi connectivity index (χ4v) is 2.85. The maximum atomic E-state index is 12.5. The Morgan fingerprint density at radius 3 is 2.86 bits per heavy atom. The Labute approximate surface area is 166 Å². The highest BCUT2D eigenvalue weighted by Gasteiger charge is 2.14. The number of rotatable bonds is 5. The third-order valence-electron chi connectivity index (χ3n) is 4.21. The second-order valence-electron chi connectivity index (χ2n) is 6.22. The third kappa shape index (κ3) is 3.99. The third-order valence-corrected chi connectivity index (χ3v) is 4.61. The number of benzene rings is 2. The molecule has 0 spiro atoms. The number of anilines is 2. The number of hydrogen-bond donors (Lipinski definition) is 2. The van der Waals surface area contributed by atoms with Crippen molar-refractivity contribution in [1.82, 2.24) is 9.97 Å². The van der Waals surface area contributed by atoms with Crippen molar-refractivity contribution in [3.05, 3.63) is 70.5 Å². The van der Waals surface area contributed by atoms with Crippen LogP contribution in [0, 0.1) is 6.92 Å². The molecule has 0 fully saturated rings. The molecule has 0 saturated heterocycles. The van der Waals surface area contributed by atoms with Gasteiger partial charge in [0.1, 0.15) is 5.69 Å². The van der Waals surface area contributed by atoms with Crippen LogP contribution in [0.15, 0.2) is 48.7 Å². The highest BCUT2D eigenvalue weighted by molar-refractivity contribution is 6.31. The van der Waals surface area contributed by atoms with E-state index in [2.05, 4.69) is 20.6 Å². The van der Waals surface area contributed by atoms with Crippen LogP contribution in [-0.2, 0) is 6.54 Å². The molecule has 0 atom stereocenters. The zero-order valence-electron chi connectivity index (χ0n) is 15.0. The van der Waals surface area contributed by atoms with E-state index in [-0.39, 0.29) is 18.4 Å². The van der Waals surface area contributed by atoms with Gasteiger partial charge in [0.15, 0.2) is 11.5 Å². The lowest BCUT2D eigenvalue weighted by atomic mass is 10.2. The van der Waals surface area contributed by atoms with E-state index in [0.29, 0.717) is 29.0 Å². The fraction of sp³-hybridized carbons (Fsp3) is 0.150. The van der Waals surface area contributed by atoms with E-state index >= 15 is 0 Å². The van der Waals surface area contributed by atoms with Gasteiger partial charge in [-0.3, -0.25) is 4.79 Å². The molecule has 142 valence electrons. The predicted octanol–water partition coefficient (Wildman–Crippen LogP) is 4.03. The summed E-state index contributed by atoms with van der Waals surface area (Å²) in [4.78, 5) is 20.9. The van der Waals surface area contributed by atoms with E-state index < -0.39 is 0 Å². The summed E-state index contributed by atoms with van der Waals surface area (Å²) in [7, 11) is 0. The number of carbonyl (C=O) groups excluding carboxylic acids is 1. The summed E-state index contributed by atoms with van der Waals surface area (Å²) in [6.07, 6.45) is 1.53. The molecular formula is C20H17ClN4O3. The minimum absolute atomic E-state index is 0.235. The maximum absolute atomic E-state index is 12.5. The summed E-state index contributed by atoms with van der Waals surface area (Å²) in [6, 6.07) is 12.6. The number of carbonyl (C=O) groups is 1. The number of hydrogen-bond acceptors (Lipinski definition) is 6. The van der Waals surface area contributed by atoms with Crippen LogP contribution >= 0.6 is 11.6 Å². The Morgan fingerprint density at radius 2 is 2.00 bits per heavy atom.